The van der Waals surface area contributed by atoms with Crippen molar-refractivity contribution in [1.29, 1.82) is 0 Å². The predicted octanol–water partition coefficient (Wildman–Crippen LogP) is 3.60. The van der Waals surface area contributed by atoms with Crippen LogP contribution in [0.3, 0.4) is 0 Å². The summed E-state index contributed by atoms with van der Waals surface area (Å²) in [5.41, 5.74) is 2.86. The number of fused-ring (bicyclic) bond motifs is 1. The van der Waals surface area contributed by atoms with E-state index in [0.717, 1.165) is 22.2 Å². The summed E-state index contributed by atoms with van der Waals surface area (Å²) in [5, 5.41) is 13.3. The first-order chi connectivity index (χ1) is 9.29. The lowest BCUT2D eigenvalue weighted by molar-refractivity contribution is 0.475. The molecule has 3 aromatic rings. The summed E-state index contributed by atoms with van der Waals surface area (Å²) in [6.07, 6.45) is 1.92. The summed E-state index contributed by atoms with van der Waals surface area (Å²) < 4.78 is 2.00. The standard InChI is InChI=1S/C15H12N2O2/c18-13-7-5-12(6-8-13)17-10-11(9-16-19)14-3-1-2-4-15(14)17/h1-8,10,18H,9H2. The van der Waals surface area contributed by atoms with E-state index in [9.17, 15) is 10.0 Å². The third-order valence-electron chi connectivity index (χ3n) is 3.16. The fourth-order valence-corrected chi connectivity index (χ4v) is 2.27. The van der Waals surface area contributed by atoms with Gasteiger partial charge in [0, 0.05) is 22.8 Å². The summed E-state index contributed by atoms with van der Waals surface area (Å²) in [4.78, 5) is 10.5. The monoisotopic (exact) mass is 252 g/mol. The van der Waals surface area contributed by atoms with Crippen LogP contribution in [0.5, 0.6) is 5.75 Å². The molecule has 0 saturated carbocycles. The molecule has 4 nitrogen and oxygen atoms in total. The quantitative estimate of drug-likeness (QED) is 0.724. The maximum Gasteiger partial charge on any atom is 0.115 e. The second kappa shape index (κ2) is 4.57. The van der Waals surface area contributed by atoms with Crippen LogP contribution in [-0.4, -0.2) is 9.67 Å². The first-order valence-corrected chi connectivity index (χ1v) is 5.97. The van der Waals surface area contributed by atoms with Gasteiger partial charge in [0.2, 0.25) is 0 Å². The average Bonchev–Trinajstić information content (AvgIpc) is 2.80. The Hall–Kier alpha value is -2.62. The average molecular weight is 252 g/mol. The molecule has 19 heavy (non-hydrogen) atoms. The van der Waals surface area contributed by atoms with E-state index < -0.39 is 0 Å². The van der Waals surface area contributed by atoms with Crippen LogP contribution < -0.4 is 0 Å². The van der Waals surface area contributed by atoms with Crippen molar-refractivity contribution in [3.05, 3.63) is 65.2 Å². The number of phenolic OH excluding ortho intramolecular Hbond substituents is 1. The Kier molecular flexibility index (Phi) is 2.76. The molecule has 2 aromatic carbocycles. The Morgan fingerprint density at radius 1 is 1.05 bits per heavy atom. The minimum absolute atomic E-state index is 0.158. The third kappa shape index (κ3) is 1.97. The van der Waals surface area contributed by atoms with E-state index in [-0.39, 0.29) is 12.3 Å². The zero-order chi connectivity index (χ0) is 13.2. The van der Waals surface area contributed by atoms with Crippen LogP contribution in [0.25, 0.3) is 16.6 Å². The highest BCUT2D eigenvalue weighted by Crippen LogP contribution is 2.26. The fraction of sp³-hybridized carbons (Fsp3) is 0.0667. The molecule has 0 aliphatic rings. The highest BCUT2D eigenvalue weighted by molar-refractivity contribution is 5.85. The molecular weight excluding hydrogens is 240 g/mol. The second-order valence-electron chi connectivity index (χ2n) is 4.35. The number of aromatic hydroxyl groups is 1. The Bertz CT molecular complexity index is 729. The molecule has 94 valence electrons. The van der Waals surface area contributed by atoms with Crippen molar-refractivity contribution < 1.29 is 5.11 Å². The van der Waals surface area contributed by atoms with Crippen molar-refractivity contribution in [1.82, 2.24) is 4.57 Å². The molecule has 4 heteroatoms. The predicted molar refractivity (Wildman–Crippen MR) is 74.4 cm³/mol. The summed E-state index contributed by atoms with van der Waals surface area (Å²) in [5.74, 6) is 0.231. The van der Waals surface area contributed by atoms with Crippen LogP contribution >= 0.6 is 0 Å². The molecule has 0 unspecified atom stereocenters. The summed E-state index contributed by atoms with van der Waals surface area (Å²) in [7, 11) is 0. The first kappa shape index (κ1) is 11.5. The van der Waals surface area contributed by atoms with E-state index in [1.54, 1.807) is 12.1 Å². The molecule has 0 fully saturated rings. The van der Waals surface area contributed by atoms with Crippen LogP contribution in [-0.2, 0) is 6.54 Å². The molecule has 1 aromatic heterocycles. The van der Waals surface area contributed by atoms with Crippen LogP contribution in [0, 0.1) is 4.91 Å². The highest BCUT2D eigenvalue weighted by Gasteiger charge is 2.09. The van der Waals surface area contributed by atoms with Gasteiger partial charge in [0.05, 0.1) is 5.52 Å². The molecule has 0 radical (unpaired) electrons. The van der Waals surface area contributed by atoms with E-state index in [0.29, 0.717) is 0 Å². The lowest BCUT2D eigenvalue weighted by atomic mass is 10.2. The molecule has 0 amide bonds. The van der Waals surface area contributed by atoms with Crippen LogP contribution in [0.15, 0.2) is 59.9 Å². The van der Waals surface area contributed by atoms with Gasteiger partial charge in [0.25, 0.3) is 0 Å². The lowest BCUT2D eigenvalue weighted by Crippen LogP contribution is -1.90. The largest absolute Gasteiger partial charge is 0.508 e. The third-order valence-corrected chi connectivity index (χ3v) is 3.16. The van der Waals surface area contributed by atoms with Crippen LogP contribution in [0.4, 0.5) is 0 Å². The van der Waals surface area contributed by atoms with Gasteiger partial charge in [-0.1, -0.05) is 23.4 Å². The molecule has 1 N–H and O–H groups in total. The Morgan fingerprint density at radius 2 is 1.79 bits per heavy atom. The molecule has 0 saturated heterocycles. The van der Waals surface area contributed by atoms with Gasteiger partial charge in [0.1, 0.15) is 12.3 Å². The van der Waals surface area contributed by atoms with Gasteiger partial charge >= 0.3 is 0 Å². The number of para-hydroxylation sites is 1. The Balaban J connectivity index is 2.23. The van der Waals surface area contributed by atoms with E-state index in [4.69, 9.17) is 0 Å². The maximum absolute atomic E-state index is 10.5. The number of phenols is 1. The maximum atomic E-state index is 10.5. The first-order valence-electron chi connectivity index (χ1n) is 5.97. The number of nitroso groups, excluding NO2 is 1. The molecule has 1 heterocycles. The number of hydrogen-bond acceptors (Lipinski definition) is 3. The van der Waals surface area contributed by atoms with E-state index in [2.05, 4.69) is 5.18 Å². The van der Waals surface area contributed by atoms with Gasteiger partial charge in [-0.3, -0.25) is 0 Å². The van der Waals surface area contributed by atoms with Gasteiger partial charge in [-0.2, -0.15) is 4.91 Å². The smallest absolute Gasteiger partial charge is 0.115 e. The van der Waals surface area contributed by atoms with Crippen molar-refractivity contribution in [2.45, 2.75) is 6.54 Å². The van der Waals surface area contributed by atoms with E-state index in [1.165, 1.54) is 0 Å². The molecule has 0 aliphatic heterocycles. The second-order valence-corrected chi connectivity index (χ2v) is 4.35. The summed E-state index contributed by atoms with van der Waals surface area (Å²) in [6, 6.07) is 14.8. The van der Waals surface area contributed by atoms with E-state index in [1.807, 2.05) is 47.2 Å². The van der Waals surface area contributed by atoms with E-state index >= 15 is 0 Å². The Labute approximate surface area is 109 Å². The van der Waals surface area contributed by atoms with Crippen molar-refractivity contribution in [3.63, 3.8) is 0 Å². The summed E-state index contributed by atoms with van der Waals surface area (Å²) >= 11 is 0. The number of hydrogen-bond donors (Lipinski definition) is 1. The van der Waals surface area contributed by atoms with Crippen molar-refractivity contribution in [2.24, 2.45) is 5.18 Å². The van der Waals surface area contributed by atoms with Crippen molar-refractivity contribution >= 4 is 10.9 Å². The SMILES string of the molecule is O=NCc1cn(-c2ccc(O)cc2)c2ccccc12. The number of rotatable bonds is 3. The summed E-state index contributed by atoms with van der Waals surface area (Å²) in [6.45, 7) is 0.158. The molecule has 0 bridgehead atoms. The fourth-order valence-electron chi connectivity index (χ4n) is 2.27. The number of nitrogens with zero attached hydrogens (tertiary/aromatic N) is 2. The minimum Gasteiger partial charge on any atom is -0.508 e. The highest BCUT2D eigenvalue weighted by atomic mass is 16.3. The number of benzene rings is 2. The van der Waals surface area contributed by atoms with Gasteiger partial charge in [-0.25, -0.2) is 0 Å². The molecule has 3 rings (SSSR count). The zero-order valence-corrected chi connectivity index (χ0v) is 10.2. The molecule has 0 aliphatic carbocycles. The molecule has 0 atom stereocenters. The van der Waals surface area contributed by atoms with Crippen LogP contribution in [0.1, 0.15) is 5.56 Å². The van der Waals surface area contributed by atoms with Gasteiger partial charge < -0.3 is 9.67 Å². The van der Waals surface area contributed by atoms with Crippen molar-refractivity contribution in [2.75, 3.05) is 0 Å². The van der Waals surface area contributed by atoms with Gasteiger partial charge in [0.15, 0.2) is 0 Å². The number of aromatic nitrogens is 1. The van der Waals surface area contributed by atoms with Crippen LogP contribution in [0.2, 0.25) is 0 Å². The Morgan fingerprint density at radius 3 is 2.53 bits per heavy atom. The zero-order valence-electron chi connectivity index (χ0n) is 10.2. The van der Waals surface area contributed by atoms with Gasteiger partial charge in [-0.15, -0.1) is 0 Å². The lowest BCUT2D eigenvalue weighted by Gasteiger charge is -2.05. The molecular formula is C15H12N2O2. The van der Waals surface area contributed by atoms with Gasteiger partial charge in [-0.05, 0) is 30.3 Å². The molecule has 0 spiro atoms. The normalized spacial score (nSPS) is 10.7. The van der Waals surface area contributed by atoms with Crippen molar-refractivity contribution in [3.8, 4) is 11.4 Å². The topological polar surface area (TPSA) is 54.6 Å². The minimum atomic E-state index is 0.158.